The first-order chi connectivity index (χ1) is 14.1. The van der Waals surface area contributed by atoms with Crippen LogP contribution in [-0.4, -0.2) is 14.5 Å². The van der Waals surface area contributed by atoms with E-state index in [-0.39, 0.29) is 5.82 Å². The molecule has 4 aromatic rings. The van der Waals surface area contributed by atoms with Crippen LogP contribution in [0.4, 0.5) is 10.2 Å². The molecule has 30 heavy (non-hydrogen) atoms. The molecule has 0 aliphatic heterocycles. The third-order valence-electron chi connectivity index (χ3n) is 6.09. The molecule has 0 aliphatic carbocycles. The smallest absolute Gasteiger partial charge is 0.132 e. The first-order valence-corrected chi connectivity index (χ1v) is 10.4. The predicted octanol–water partition coefficient (Wildman–Crippen LogP) is 6.02. The Kier molecular flexibility index (Phi) is 4.80. The van der Waals surface area contributed by atoms with Crippen molar-refractivity contribution in [3.63, 3.8) is 0 Å². The highest BCUT2D eigenvalue weighted by atomic mass is 19.1. The Morgan fingerprint density at radius 1 is 1.17 bits per heavy atom. The normalized spacial score (nSPS) is 12.4. The fourth-order valence-electron chi connectivity index (χ4n) is 4.56. The molecule has 0 unspecified atom stereocenters. The van der Waals surface area contributed by atoms with Crippen LogP contribution in [0.15, 0.2) is 36.7 Å². The minimum atomic E-state index is -0.458. The average molecular weight is 405 g/mol. The Morgan fingerprint density at radius 2 is 1.90 bits per heavy atom. The number of benzene rings is 2. The van der Waals surface area contributed by atoms with Crippen LogP contribution in [0.5, 0.6) is 0 Å². The molecular formula is C25H29FN4. The standard InChI is InChI=1S/C25H29FN4/c1-14(2)21-16(4)15(3)10-19-23(21)28-13-30(19)12-25(5,6)24-22-17(11-20(27)29-24)8-7-9-18(22)26/h7-11,13-14H,12H2,1-6H3,(H2,27,29). The van der Waals surface area contributed by atoms with Crippen LogP contribution in [0.1, 0.15) is 56.0 Å². The fourth-order valence-corrected chi connectivity index (χ4v) is 4.56. The summed E-state index contributed by atoms with van der Waals surface area (Å²) in [6, 6.07) is 8.99. The van der Waals surface area contributed by atoms with Gasteiger partial charge in [-0.15, -0.1) is 0 Å². The van der Waals surface area contributed by atoms with Crippen LogP contribution in [0, 0.1) is 19.7 Å². The molecule has 4 nitrogen and oxygen atoms in total. The van der Waals surface area contributed by atoms with Crippen molar-refractivity contribution in [1.29, 1.82) is 0 Å². The zero-order valence-electron chi connectivity index (χ0n) is 18.5. The van der Waals surface area contributed by atoms with Gasteiger partial charge in [-0.1, -0.05) is 39.8 Å². The van der Waals surface area contributed by atoms with Crippen molar-refractivity contribution in [3.05, 3.63) is 64.9 Å². The molecule has 0 atom stereocenters. The predicted molar refractivity (Wildman–Crippen MR) is 122 cm³/mol. The van der Waals surface area contributed by atoms with E-state index in [1.807, 2.05) is 12.4 Å². The van der Waals surface area contributed by atoms with E-state index >= 15 is 0 Å². The lowest BCUT2D eigenvalue weighted by molar-refractivity contribution is 0.432. The lowest BCUT2D eigenvalue weighted by atomic mass is 9.85. The molecule has 4 rings (SSSR count). The second-order valence-corrected chi connectivity index (χ2v) is 9.24. The SMILES string of the molecule is Cc1cc2c(ncn2CC(C)(C)c2nc(N)cc3cccc(F)c23)c(C(C)C)c1C. The molecule has 2 heterocycles. The number of aromatic nitrogens is 3. The fraction of sp³-hybridized carbons (Fsp3) is 0.360. The number of pyridine rings is 1. The summed E-state index contributed by atoms with van der Waals surface area (Å²) in [4.78, 5) is 9.34. The van der Waals surface area contributed by atoms with Crippen molar-refractivity contribution in [2.45, 2.75) is 59.4 Å². The first kappa shape index (κ1) is 20.3. The molecule has 0 amide bonds. The van der Waals surface area contributed by atoms with Crippen molar-refractivity contribution in [2.75, 3.05) is 5.73 Å². The van der Waals surface area contributed by atoms with Crippen molar-refractivity contribution in [1.82, 2.24) is 14.5 Å². The van der Waals surface area contributed by atoms with Crippen LogP contribution in [0.2, 0.25) is 0 Å². The van der Waals surface area contributed by atoms with Gasteiger partial charge in [-0.2, -0.15) is 0 Å². The maximum absolute atomic E-state index is 14.8. The number of anilines is 1. The molecule has 0 fully saturated rings. The Hall–Kier alpha value is -2.95. The van der Waals surface area contributed by atoms with Gasteiger partial charge in [0.05, 0.1) is 23.1 Å². The molecule has 0 aliphatic rings. The quantitative estimate of drug-likeness (QED) is 0.452. The third kappa shape index (κ3) is 3.22. The maximum Gasteiger partial charge on any atom is 0.132 e. The van der Waals surface area contributed by atoms with Gasteiger partial charge in [0.1, 0.15) is 11.6 Å². The van der Waals surface area contributed by atoms with Gasteiger partial charge in [-0.05, 0) is 60.0 Å². The molecule has 2 aromatic heterocycles. The van der Waals surface area contributed by atoms with Gasteiger partial charge in [0, 0.05) is 17.3 Å². The topological polar surface area (TPSA) is 56.7 Å². The molecule has 0 spiro atoms. The summed E-state index contributed by atoms with van der Waals surface area (Å²) >= 11 is 0. The number of rotatable bonds is 4. The van der Waals surface area contributed by atoms with Crippen LogP contribution in [0.25, 0.3) is 21.8 Å². The highest BCUT2D eigenvalue weighted by Crippen LogP contribution is 2.35. The van der Waals surface area contributed by atoms with Crippen molar-refractivity contribution in [2.24, 2.45) is 0 Å². The van der Waals surface area contributed by atoms with Gasteiger partial charge < -0.3 is 10.3 Å². The van der Waals surface area contributed by atoms with E-state index in [0.717, 1.165) is 16.4 Å². The number of hydrogen-bond acceptors (Lipinski definition) is 3. The highest BCUT2D eigenvalue weighted by molar-refractivity contribution is 5.88. The van der Waals surface area contributed by atoms with E-state index in [1.54, 1.807) is 12.1 Å². The number of nitrogens with two attached hydrogens (primary N) is 1. The maximum atomic E-state index is 14.8. The zero-order valence-corrected chi connectivity index (χ0v) is 18.5. The summed E-state index contributed by atoms with van der Waals surface area (Å²) in [5.74, 6) is 0.518. The number of halogens is 1. The number of nitrogens with zero attached hydrogens (tertiary/aromatic N) is 3. The molecule has 5 heteroatoms. The number of aryl methyl sites for hydroxylation is 1. The van der Waals surface area contributed by atoms with Crippen molar-refractivity contribution in [3.8, 4) is 0 Å². The van der Waals surface area contributed by atoms with Gasteiger partial charge in [0.15, 0.2) is 0 Å². The molecular weight excluding hydrogens is 375 g/mol. The van der Waals surface area contributed by atoms with Crippen LogP contribution in [-0.2, 0) is 12.0 Å². The first-order valence-electron chi connectivity index (χ1n) is 10.4. The summed E-state index contributed by atoms with van der Waals surface area (Å²) in [5, 5.41) is 1.31. The summed E-state index contributed by atoms with van der Waals surface area (Å²) in [5.41, 5.74) is 12.3. The van der Waals surface area contributed by atoms with Gasteiger partial charge in [0.25, 0.3) is 0 Å². The van der Waals surface area contributed by atoms with E-state index in [0.29, 0.717) is 29.4 Å². The van der Waals surface area contributed by atoms with Gasteiger partial charge in [-0.25, -0.2) is 14.4 Å². The molecule has 2 aromatic carbocycles. The average Bonchev–Trinajstić information content (AvgIpc) is 3.03. The Labute approximate surface area is 177 Å². The van der Waals surface area contributed by atoms with Crippen LogP contribution in [0.3, 0.4) is 0 Å². The Bertz CT molecular complexity index is 1270. The van der Waals surface area contributed by atoms with Crippen LogP contribution < -0.4 is 5.73 Å². The van der Waals surface area contributed by atoms with E-state index < -0.39 is 5.41 Å². The van der Waals surface area contributed by atoms with E-state index in [2.05, 4.69) is 57.2 Å². The largest absolute Gasteiger partial charge is 0.384 e. The zero-order chi connectivity index (χ0) is 21.8. The van der Waals surface area contributed by atoms with Crippen molar-refractivity contribution < 1.29 is 4.39 Å². The molecule has 0 bridgehead atoms. The lowest BCUT2D eigenvalue weighted by Crippen LogP contribution is -2.26. The summed E-state index contributed by atoms with van der Waals surface area (Å²) in [6.07, 6.45) is 1.89. The Balaban J connectivity index is 1.88. The molecule has 0 saturated carbocycles. The molecule has 0 saturated heterocycles. The molecule has 156 valence electrons. The van der Waals surface area contributed by atoms with E-state index in [9.17, 15) is 4.39 Å². The minimum Gasteiger partial charge on any atom is -0.384 e. The summed E-state index contributed by atoms with van der Waals surface area (Å²) in [6.45, 7) is 13.5. The number of imidazole rings is 1. The minimum absolute atomic E-state index is 0.271. The Morgan fingerprint density at radius 3 is 2.60 bits per heavy atom. The second-order valence-electron chi connectivity index (χ2n) is 9.24. The van der Waals surface area contributed by atoms with Gasteiger partial charge >= 0.3 is 0 Å². The van der Waals surface area contributed by atoms with Crippen molar-refractivity contribution >= 4 is 27.6 Å². The molecule has 2 N–H and O–H groups in total. The van der Waals surface area contributed by atoms with Gasteiger partial charge in [0.2, 0.25) is 0 Å². The number of nitrogen functional groups attached to an aromatic ring is 1. The van der Waals surface area contributed by atoms with Crippen LogP contribution >= 0.6 is 0 Å². The van der Waals surface area contributed by atoms with E-state index in [1.165, 1.54) is 22.8 Å². The lowest BCUT2D eigenvalue weighted by Gasteiger charge is -2.27. The molecule has 0 radical (unpaired) electrons. The number of fused-ring (bicyclic) bond motifs is 2. The van der Waals surface area contributed by atoms with Gasteiger partial charge in [-0.3, -0.25) is 0 Å². The summed E-state index contributed by atoms with van der Waals surface area (Å²) < 4.78 is 16.9. The second kappa shape index (κ2) is 7.08. The number of hydrogen-bond donors (Lipinski definition) is 1. The summed E-state index contributed by atoms with van der Waals surface area (Å²) in [7, 11) is 0. The monoisotopic (exact) mass is 404 g/mol. The van der Waals surface area contributed by atoms with E-state index in [4.69, 9.17) is 10.7 Å². The third-order valence-corrected chi connectivity index (χ3v) is 6.09. The highest BCUT2D eigenvalue weighted by Gasteiger charge is 2.28.